The molecule has 0 aliphatic rings. The van der Waals surface area contributed by atoms with E-state index in [9.17, 15) is 0 Å². The molecule has 128 valence electrons. The number of thiazole rings is 1. The molecule has 0 spiro atoms. The maximum Gasteiger partial charge on any atom is 0.181 e. The second-order valence-electron chi connectivity index (χ2n) is 5.86. The normalized spacial score (nSPS) is 10.9. The maximum atomic E-state index is 8.42. The number of benzene rings is 2. The number of rotatable bonds is 3. The zero-order valence-corrected chi connectivity index (χ0v) is 14.6. The monoisotopic (exact) mass is 360 g/mol. The largest absolute Gasteiger partial charge is 0.375 e. The molecule has 0 aliphatic heterocycles. The summed E-state index contributed by atoms with van der Waals surface area (Å²) in [6, 6.07) is 19.0. The van der Waals surface area contributed by atoms with Crippen LogP contribution in [0.1, 0.15) is 5.56 Å². The first kappa shape index (κ1) is 16.2. The highest BCUT2D eigenvalue weighted by molar-refractivity contribution is 7.22. The van der Waals surface area contributed by atoms with Crippen LogP contribution < -0.4 is 11.2 Å². The fourth-order valence-electron chi connectivity index (χ4n) is 2.76. The van der Waals surface area contributed by atoms with Gasteiger partial charge in [0, 0.05) is 12.0 Å². The lowest BCUT2D eigenvalue weighted by atomic mass is 10.1. The molecule has 4 rings (SSSR count). The van der Waals surface area contributed by atoms with E-state index in [2.05, 4.69) is 10.1 Å². The Bertz CT molecular complexity index is 1160. The molecule has 0 unspecified atom stereocenters. The Hall–Kier alpha value is -3.32. The van der Waals surface area contributed by atoms with Crippen LogP contribution in [0.25, 0.3) is 21.5 Å². The molecular formula is C19H16N6S. The molecule has 0 amide bonds. The number of anilines is 1. The van der Waals surface area contributed by atoms with Gasteiger partial charge in [0.2, 0.25) is 0 Å². The van der Waals surface area contributed by atoms with E-state index >= 15 is 0 Å². The number of nitrogens with two attached hydrogens (primary N) is 1. The molecular weight excluding hydrogens is 344 g/mol. The molecule has 0 saturated carbocycles. The van der Waals surface area contributed by atoms with Gasteiger partial charge in [-0.3, -0.25) is 10.8 Å². The van der Waals surface area contributed by atoms with Gasteiger partial charge in [0.25, 0.3) is 0 Å². The number of nitrogens with zero attached hydrogens (tertiary/aromatic N) is 3. The summed E-state index contributed by atoms with van der Waals surface area (Å²) in [4.78, 5) is 4.25. The Balaban J connectivity index is 1.65. The number of nitrogen functional groups attached to an aromatic ring is 1. The van der Waals surface area contributed by atoms with E-state index in [1.165, 1.54) is 16.0 Å². The minimum absolute atomic E-state index is 0.179. The quantitative estimate of drug-likeness (QED) is 0.386. The van der Waals surface area contributed by atoms with Gasteiger partial charge in [0.1, 0.15) is 11.3 Å². The molecule has 0 fully saturated rings. The molecule has 4 aromatic rings. The highest BCUT2D eigenvalue weighted by Gasteiger charge is 2.09. The summed E-state index contributed by atoms with van der Waals surface area (Å²) < 4.78 is 2.36. The SMILES string of the molecule is N=C(Cc1ccc2nc(N)sc2c1)n1nc(-c2ccccc2)ccc1=N. The van der Waals surface area contributed by atoms with Crippen LogP contribution in [0.5, 0.6) is 0 Å². The van der Waals surface area contributed by atoms with Crippen LogP contribution in [-0.4, -0.2) is 20.6 Å². The third-order valence-corrected chi connectivity index (χ3v) is 4.85. The van der Waals surface area contributed by atoms with Gasteiger partial charge in [0.05, 0.1) is 15.9 Å². The minimum atomic E-state index is 0.179. The van der Waals surface area contributed by atoms with Gasteiger partial charge in [-0.2, -0.15) is 5.10 Å². The molecule has 0 atom stereocenters. The van der Waals surface area contributed by atoms with Crippen LogP contribution in [0.2, 0.25) is 0 Å². The maximum absolute atomic E-state index is 8.42. The topological polar surface area (TPSA) is 104 Å². The lowest BCUT2D eigenvalue weighted by Gasteiger charge is -2.10. The molecule has 4 N–H and O–H groups in total. The molecule has 6 nitrogen and oxygen atoms in total. The lowest BCUT2D eigenvalue weighted by molar-refractivity contribution is 0.800. The van der Waals surface area contributed by atoms with Crippen molar-refractivity contribution in [3.63, 3.8) is 0 Å². The number of hydrogen-bond acceptors (Lipinski definition) is 6. The van der Waals surface area contributed by atoms with Crippen molar-refractivity contribution in [1.82, 2.24) is 14.8 Å². The zero-order valence-electron chi connectivity index (χ0n) is 13.8. The van der Waals surface area contributed by atoms with Gasteiger partial charge in [-0.15, -0.1) is 0 Å². The number of fused-ring (bicyclic) bond motifs is 1. The van der Waals surface area contributed by atoms with E-state index in [0.29, 0.717) is 11.6 Å². The molecule has 0 bridgehead atoms. The smallest absolute Gasteiger partial charge is 0.181 e. The molecule has 2 aromatic heterocycles. The fraction of sp³-hybridized carbons (Fsp3) is 0.0526. The van der Waals surface area contributed by atoms with Crippen LogP contribution in [-0.2, 0) is 6.42 Å². The van der Waals surface area contributed by atoms with Crippen molar-refractivity contribution in [2.24, 2.45) is 0 Å². The summed E-state index contributed by atoms with van der Waals surface area (Å²) in [7, 11) is 0. The number of nitrogens with one attached hydrogen (secondary N) is 2. The average Bonchev–Trinajstić information content (AvgIpc) is 3.02. The van der Waals surface area contributed by atoms with Crippen molar-refractivity contribution in [2.45, 2.75) is 6.42 Å². The summed E-state index contributed by atoms with van der Waals surface area (Å²) in [5.74, 6) is 0.240. The Labute approximate surface area is 153 Å². The van der Waals surface area contributed by atoms with Crippen LogP contribution in [0.15, 0.2) is 60.7 Å². The van der Waals surface area contributed by atoms with Crippen molar-refractivity contribution in [3.8, 4) is 11.3 Å². The summed E-state index contributed by atoms with van der Waals surface area (Å²) in [5, 5.41) is 21.5. The van der Waals surface area contributed by atoms with Gasteiger partial charge in [0.15, 0.2) is 5.13 Å². The molecule has 26 heavy (non-hydrogen) atoms. The third kappa shape index (κ3) is 3.12. The van der Waals surface area contributed by atoms with Crippen molar-refractivity contribution in [1.29, 1.82) is 10.8 Å². The van der Waals surface area contributed by atoms with E-state index in [4.69, 9.17) is 16.6 Å². The van der Waals surface area contributed by atoms with Gasteiger partial charge in [-0.05, 0) is 29.8 Å². The van der Waals surface area contributed by atoms with Crippen molar-refractivity contribution >= 4 is 32.5 Å². The second kappa shape index (κ2) is 6.53. The van der Waals surface area contributed by atoms with Crippen molar-refractivity contribution in [3.05, 3.63) is 71.7 Å². The van der Waals surface area contributed by atoms with Crippen LogP contribution in [0, 0.1) is 10.8 Å². The van der Waals surface area contributed by atoms with Gasteiger partial charge >= 0.3 is 0 Å². The Morgan fingerprint density at radius 2 is 1.88 bits per heavy atom. The first-order chi connectivity index (χ1) is 12.6. The second-order valence-corrected chi connectivity index (χ2v) is 6.92. The van der Waals surface area contributed by atoms with E-state index in [1.807, 2.05) is 48.5 Å². The Morgan fingerprint density at radius 1 is 1.08 bits per heavy atom. The lowest BCUT2D eigenvalue weighted by Crippen LogP contribution is -2.30. The van der Waals surface area contributed by atoms with E-state index in [-0.39, 0.29) is 11.3 Å². The first-order valence-corrected chi connectivity index (χ1v) is 8.85. The summed E-state index contributed by atoms with van der Waals surface area (Å²) in [6.07, 6.45) is 0.371. The van der Waals surface area contributed by atoms with Gasteiger partial charge in [-0.25, -0.2) is 9.67 Å². The molecule has 0 saturated heterocycles. The highest BCUT2D eigenvalue weighted by atomic mass is 32.1. The van der Waals surface area contributed by atoms with Gasteiger partial charge in [-0.1, -0.05) is 47.7 Å². The van der Waals surface area contributed by atoms with Crippen molar-refractivity contribution < 1.29 is 0 Å². The highest BCUT2D eigenvalue weighted by Crippen LogP contribution is 2.24. The minimum Gasteiger partial charge on any atom is -0.375 e. The fourth-order valence-corrected chi connectivity index (χ4v) is 3.55. The van der Waals surface area contributed by atoms with E-state index < -0.39 is 0 Å². The van der Waals surface area contributed by atoms with Crippen LogP contribution >= 0.6 is 11.3 Å². The molecule has 7 heteroatoms. The van der Waals surface area contributed by atoms with Gasteiger partial charge < -0.3 is 5.73 Å². The van der Waals surface area contributed by atoms with Crippen molar-refractivity contribution in [2.75, 3.05) is 5.73 Å². The van der Waals surface area contributed by atoms with E-state index in [0.717, 1.165) is 27.0 Å². The number of aromatic nitrogens is 3. The molecule has 2 heterocycles. The summed E-state index contributed by atoms with van der Waals surface area (Å²) in [5.41, 5.74) is 9.44. The molecule has 0 aliphatic carbocycles. The Morgan fingerprint density at radius 3 is 2.69 bits per heavy atom. The summed E-state index contributed by atoms with van der Waals surface area (Å²) in [6.45, 7) is 0. The predicted molar refractivity (Wildman–Crippen MR) is 104 cm³/mol. The molecule has 0 radical (unpaired) electrons. The van der Waals surface area contributed by atoms with E-state index in [1.54, 1.807) is 12.1 Å². The first-order valence-electron chi connectivity index (χ1n) is 8.03. The van der Waals surface area contributed by atoms with Crippen LogP contribution in [0.4, 0.5) is 5.13 Å². The van der Waals surface area contributed by atoms with Crippen LogP contribution in [0.3, 0.4) is 0 Å². The summed E-state index contributed by atoms with van der Waals surface area (Å²) >= 11 is 1.43. The Kier molecular flexibility index (Phi) is 4.06. The third-order valence-electron chi connectivity index (χ3n) is 4.00. The standard InChI is InChI=1S/C19H16N6S/c20-17-9-8-14(13-4-2-1-3-5-13)24-25(17)18(21)11-12-6-7-15-16(10-12)26-19(22)23-15/h1-10,20-21H,11H2,(H2,22,23). The average molecular weight is 360 g/mol. The molecule has 2 aromatic carbocycles. The zero-order chi connectivity index (χ0) is 18.1. The predicted octanol–water partition coefficient (Wildman–Crippen LogP) is 3.29. The number of hydrogen-bond donors (Lipinski definition) is 3.